The van der Waals surface area contributed by atoms with E-state index in [1.165, 1.54) is 4.88 Å². The third kappa shape index (κ3) is 4.14. The van der Waals surface area contributed by atoms with E-state index in [4.69, 9.17) is 9.73 Å². The standard InChI is InChI=1S/C24H23N3O2S/c1-17(25-15-14-21-9-6-16-30-21)22-23(18-10-12-20(29-2)13-11-18)26-27(24(22)28)19-7-4-3-5-8-19/h3-13,16,26H,14-15H2,1-2H3. The molecule has 0 aliphatic heterocycles. The van der Waals surface area contributed by atoms with Gasteiger partial charge in [-0.2, -0.15) is 0 Å². The van der Waals surface area contributed by atoms with Crippen LogP contribution in [-0.2, 0) is 6.42 Å². The molecule has 0 radical (unpaired) electrons. The highest BCUT2D eigenvalue weighted by atomic mass is 32.1. The van der Waals surface area contributed by atoms with E-state index in [0.29, 0.717) is 12.1 Å². The summed E-state index contributed by atoms with van der Waals surface area (Å²) in [5.74, 6) is 0.770. The number of nitrogens with zero attached hydrogens (tertiary/aromatic N) is 2. The van der Waals surface area contributed by atoms with Crippen molar-refractivity contribution in [3.8, 4) is 22.7 Å². The molecule has 2 aromatic carbocycles. The van der Waals surface area contributed by atoms with Crippen molar-refractivity contribution in [3.05, 3.63) is 92.9 Å². The SMILES string of the molecule is COc1ccc(-c2[nH]n(-c3ccccc3)c(=O)c2C(C)=NCCc2cccs2)cc1. The second-order valence-electron chi connectivity index (χ2n) is 6.86. The molecule has 1 N–H and O–H groups in total. The summed E-state index contributed by atoms with van der Waals surface area (Å²) >= 11 is 1.73. The zero-order chi connectivity index (χ0) is 20.9. The molecule has 0 aliphatic rings. The Hall–Kier alpha value is -3.38. The number of aromatic amines is 1. The average Bonchev–Trinajstić information content (AvgIpc) is 3.42. The van der Waals surface area contributed by atoms with Crippen LogP contribution in [0.25, 0.3) is 16.9 Å². The fourth-order valence-electron chi connectivity index (χ4n) is 3.37. The van der Waals surface area contributed by atoms with Gasteiger partial charge in [0.05, 0.1) is 24.1 Å². The number of H-pyrrole nitrogens is 1. The van der Waals surface area contributed by atoms with Crippen molar-refractivity contribution >= 4 is 17.0 Å². The molecular formula is C24H23N3O2S. The maximum Gasteiger partial charge on any atom is 0.280 e. The highest BCUT2D eigenvalue weighted by molar-refractivity contribution is 7.09. The van der Waals surface area contributed by atoms with Crippen molar-refractivity contribution in [3.63, 3.8) is 0 Å². The number of hydrogen-bond acceptors (Lipinski definition) is 4. The normalized spacial score (nSPS) is 11.6. The third-order valence-corrected chi connectivity index (χ3v) is 5.87. The number of aromatic nitrogens is 2. The Balaban J connectivity index is 1.76. The van der Waals surface area contributed by atoms with E-state index in [9.17, 15) is 4.79 Å². The second kappa shape index (κ2) is 8.97. The van der Waals surface area contributed by atoms with E-state index >= 15 is 0 Å². The summed E-state index contributed by atoms with van der Waals surface area (Å²) in [6, 6.07) is 21.4. The molecule has 0 spiro atoms. The van der Waals surface area contributed by atoms with Crippen molar-refractivity contribution in [2.24, 2.45) is 4.99 Å². The Bertz CT molecular complexity index is 1190. The molecule has 0 fully saturated rings. The minimum atomic E-state index is -0.107. The molecular weight excluding hydrogens is 394 g/mol. The number of rotatable bonds is 7. The van der Waals surface area contributed by atoms with Crippen molar-refractivity contribution in [1.82, 2.24) is 9.78 Å². The number of ether oxygens (including phenoxy) is 1. The van der Waals surface area contributed by atoms with Crippen LogP contribution in [0, 0.1) is 0 Å². The first-order valence-corrected chi connectivity index (χ1v) is 10.6. The van der Waals surface area contributed by atoms with E-state index in [0.717, 1.165) is 34.8 Å². The lowest BCUT2D eigenvalue weighted by molar-refractivity contribution is 0.415. The van der Waals surface area contributed by atoms with Gasteiger partial charge in [0.25, 0.3) is 5.56 Å². The van der Waals surface area contributed by atoms with Gasteiger partial charge in [-0.3, -0.25) is 14.9 Å². The van der Waals surface area contributed by atoms with Crippen LogP contribution in [0.4, 0.5) is 0 Å². The monoisotopic (exact) mass is 417 g/mol. The number of thiophene rings is 1. The number of benzene rings is 2. The number of methoxy groups -OCH3 is 1. The first kappa shape index (κ1) is 19.9. The van der Waals surface area contributed by atoms with Crippen LogP contribution in [-0.4, -0.2) is 29.1 Å². The molecule has 0 atom stereocenters. The van der Waals surface area contributed by atoms with Crippen LogP contribution >= 0.6 is 11.3 Å². The maximum absolute atomic E-state index is 13.3. The lowest BCUT2D eigenvalue weighted by atomic mass is 10.0. The van der Waals surface area contributed by atoms with Crippen molar-refractivity contribution in [2.45, 2.75) is 13.3 Å². The first-order valence-electron chi connectivity index (χ1n) is 9.76. The molecule has 0 saturated heterocycles. The highest BCUT2D eigenvalue weighted by Crippen LogP contribution is 2.24. The predicted molar refractivity (Wildman–Crippen MR) is 123 cm³/mol. The van der Waals surface area contributed by atoms with Crippen LogP contribution in [0.1, 0.15) is 17.4 Å². The Morgan fingerprint density at radius 3 is 2.50 bits per heavy atom. The Morgan fingerprint density at radius 2 is 1.83 bits per heavy atom. The van der Waals surface area contributed by atoms with Gasteiger partial charge in [-0.15, -0.1) is 11.3 Å². The first-order chi connectivity index (χ1) is 14.7. The minimum absolute atomic E-state index is 0.107. The summed E-state index contributed by atoms with van der Waals surface area (Å²) in [7, 11) is 1.64. The fraction of sp³-hybridized carbons (Fsp3) is 0.167. The van der Waals surface area contributed by atoms with Crippen molar-refractivity contribution < 1.29 is 4.74 Å². The van der Waals surface area contributed by atoms with Gasteiger partial charge < -0.3 is 4.74 Å². The van der Waals surface area contributed by atoms with Crippen LogP contribution < -0.4 is 10.3 Å². The van der Waals surface area contributed by atoms with E-state index in [2.05, 4.69) is 16.5 Å². The van der Waals surface area contributed by atoms with Crippen molar-refractivity contribution in [1.29, 1.82) is 0 Å². The van der Waals surface area contributed by atoms with Gasteiger partial charge >= 0.3 is 0 Å². The number of nitrogens with one attached hydrogen (secondary N) is 1. The summed E-state index contributed by atoms with van der Waals surface area (Å²) in [5.41, 5.74) is 3.66. The quantitative estimate of drug-likeness (QED) is 0.432. The lowest BCUT2D eigenvalue weighted by Crippen LogP contribution is -2.19. The largest absolute Gasteiger partial charge is 0.497 e. The molecule has 30 heavy (non-hydrogen) atoms. The molecule has 0 aliphatic carbocycles. The smallest absolute Gasteiger partial charge is 0.280 e. The molecule has 2 heterocycles. The maximum atomic E-state index is 13.3. The van der Waals surface area contributed by atoms with E-state index in [1.54, 1.807) is 23.1 Å². The van der Waals surface area contributed by atoms with Gasteiger partial charge in [0.2, 0.25) is 0 Å². The third-order valence-electron chi connectivity index (χ3n) is 4.93. The fourth-order valence-corrected chi connectivity index (χ4v) is 4.06. The van der Waals surface area contributed by atoms with Gasteiger partial charge in [0.15, 0.2) is 0 Å². The van der Waals surface area contributed by atoms with Gasteiger partial charge in [0, 0.05) is 29.1 Å². The van der Waals surface area contributed by atoms with Gasteiger partial charge in [-0.1, -0.05) is 24.3 Å². The van der Waals surface area contributed by atoms with E-state index < -0.39 is 0 Å². The Morgan fingerprint density at radius 1 is 1.07 bits per heavy atom. The van der Waals surface area contributed by atoms with Crippen LogP contribution in [0.2, 0.25) is 0 Å². The van der Waals surface area contributed by atoms with E-state index in [-0.39, 0.29) is 5.56 Å². The summed E-state index contributed by atoms with van der Waals surface area (Å²) in [4.78, 5) is 19.4. The van der Waals surface area contributed by atoms with Gasteiger partial charge in [0.1, 0.15) is 5.75 Å². The van der Waals surface area contributed by atoms with E-state index in [1.807, 2.05) is 67.6 Å². The Kier molecular flexibility index (Phi) is 5.95. The lowest BCUT2D eigenvalue weighted by Gasteiger charge is -2.05. The number of hydrogen-bond donors (Lipinski definition) is 1. The van der Waals surface area contributed by atoms with Gasteiger partial charge in [-0.25, -0.2) is 4.68 Å². The van der Waals surface area contributed by atoms with Crippen LogP contribution in [0.3, 0.4) is 0 Å². The number of aliphatic imine (C=N–C) groups is 1. The molecule has 4 rings (SSSR count). The molecule has 5 nitrogen and oxygen atoms in total. The van der Waals surface area contributed by atoms with Gasteiger partial charge in [-0.05, 0) is 54.8 Å². The molecule has 0 bridgehead atoms. The minimum Gasteiger partial charge on any atom is -0.497 e. The summed E-state index contributed by atoms with van der Waals surface area (Å²) in [6.45, 7) is 2.55. The summed E-state index contributed by atoms with van der Waals surface area (Å²) in [5, 5.41) is 5.36. The molecule has 0 unspecified atom stereocenters. The average molecular weight is 418 g/mol. The zero-order valence-corrected chi connectivity index (χ0v) is 17.8. The second-order valence-corrected chi connectivity index (χ2v) is 7.90. The molecule has 0 saturated carbocycles. The topological polar surface area (TPSA) is 59.4 Å². The van der Waals surface area contributed by atoms with Crippen LogP contribution in [0.15, 0.2) is 81.9 Å². The highest BCUT2D eigenvalue weighted by Gasteiger charge is 2.19. The molecule has 4 aromatic rings. The zero-order valence-electron chi connectivity index (χ0n) is 17.0. The summed E-state index contributed by atoms with van der Waals surface area (Å²) < 4.78 is 6.85. The van der Waals surface area contributed by atoms with Crippen molar-refractivity contribution in [2.75, 3.05) is 13.7 Å². The molecule has 6 heteroatoms. The predicted octanol–water partition coefficient (Wildman–Crippen LogP) is 4.95. The molecule has 2 aromatic heterocycles. The van der Waals surface area contributed by atoms with Crippen LogP contribution in [0.5, 0.6) is 5.75 Å². The Labute approximate surface area is 179 Å². The number of para-hydroxylation sites is 1. The molecule has 152 valence electrons. The summed E-state index contributed by atoms with van der Waals surface area (Å²) in [6.07, 6.45) is 0.865. The molecule has 0 amide bonds.